The van der Waals surface area contributed by atoms with Crippen LogP contribution in [0.25, 0.3) is 0 Å². The van der Waals surface area contributed by atoms with Gasteiger partial charge in [-0.05, 0) is 82.7 Å². The van der Waals surface area contributed by atoms with Gasteiger partial charge in [0, 0.05) is 19.4 Å². The molecule has 0 aliphatic carbocycles. The smallest absolute Gasteiger partial charge is 0.306 e. The first-order valence-corrected chi connectivity index (χ1v) is 22.1. The number of ether oxygens (including phenoxy) is 2. The molecule has 1 atom stereocenters. The largest absolute Gasteiger partial charge is 0.466 e. The number of hydrogen-bond donors (Lipinski definition) is 0. The quantitative estimate of drug-likeness (QED) is 0.0483. The van der Waals surface area contributed by atoms with E-state index >= 15 is 0 Å². The second kappa shape index (κ2) is 32.8. The molecule has 290 valence electrons. The summed E-state index contributed by atoms with van der Waals surface area (Å²) in [5.41, 5.74) is 0.313. The summed E-state index contributed by atoms with van der Waals surface area (Å²) in [6, 6.07) is 0. The van der Waals surface area contributed by atoms with E-state index < -0.39 is 0 Å². The van der Waals surface area contributed by atoms with Crippen LogP contribution in [-0.2, 0) is 19.1 Å². The van der Waals surface area contributed by atoms with Crippen molar-refractivity contribution in [2.75, 3.05) is 26.2 Å². The minimum atomic E-state index is -0.00939. The molecule has 5 nitrogen and oxygen atoms in total. The molecule has 1 fully saturated rings. The van der Waals surface area contributed by atoms with E-state index in [0.29, 0.717) is 24.9 Å². The maximum absolute atomic E-state index is 12.9. The highest BCUT2D eigenvalue weighted by molar-refractivity contribution is 5.69. The van der Waals surface area contributed by atoms with Gasteiger partial charge in [0.15, 0.2) is 0 Å². The monoisotopic (exact) mass is 692 g/mol. The average molecular weight is 692 g/mol. The fraction of sp³-hybridized carbons (Fsp3) is 0.955. The van der Waals surface area contributed by atoms with Crippen molar-refractivity contribution in [3.8, 4) is 0 Å². The highest BCUT2D eigenvalue weighted by Gasteiger charge is 2.36. The molecular weight excluding hydrogens is 606 g/mol. The number of nitrogens with zero attached hydrogens (tertiary/aromatic N) is 1. The Labute approximate surface area is 306 Å². The Bertz CT molecular complexity index is 741. The zero-order valence-electron chi connectivity index (χ0n) is 33.6. The van der Waals surface area contributed by atoms with Gasteiger partial charge in [-0.15, -0.1) is 0 Å². The molecule has 49 heavy (non-hydrogen) atoms. The molecule has 5 heteroatoms. The van der Waals surface area contributed by atoms with Gasteiger partial charge in [0.05, 0.1) is 6.61 Å². The number of likely N-dealkylation sites (tertiary alicyclic amines) is 1. The second-order valence-corrected chi connectivity index (χ2v) is 15.8. The third kappa shape index (κ3) is 26.4. The summed E-state index contributed by atoms with van der Waals surface area (Å²) in [6.45, 7) is 13.1. The van der Waals surface area contributed by atoms with Crippen molar-refractivity contribution < 1.29 is 19.1 Å². The first kappa shape index (κ1) is 45.9. The number of carbonyl (C=O) groups is 2. The van der Waals surface area contributed by atoms with E-state index in [9.17, 15) is 9.59 Å². The van der Waals surface area contributed by atoms with Gasteiger partial charge in [-0.1, -0.05) is 156 Å². The van der Waals surface area contributed by atoms with Crippen LogP contribution < -0.4 is 0 Å². The SMILES string of the molecule is CCCCCCCCCCCOC(=O)CCCC1(CCCCCC(=O)OC(CCCCCCCC)CCCCCCCC)CCN(CC)C1. The van der Waals surface area contributed by atoms with Crippen LogP contribution in [-0.4, -0.2) is 49.2 Å². The van der Waals surface area contributed by atoms with E-state index in [0.717, 1.165) is 64.5 Å². The van der Waals surface area contributed by atoms with Crippen LogP contribution in [0.15, 0.2) is 0 Å². The van der Waals surface area contributed by atoms with E-state index in [2.05, 4.69) is 32.6 Å². The van der Waals surface area contributed by atoms with Crippen LogP contribution in [0.5, 0.6) is 0 Å². The highest BCUT2D eigenvalue weighted by Crippen LogP contribution is 2.40. The van der Waals surface area contributed by atoms with Crippen molar-refractivity contribution in [1.29, 1.82) is 0 Å². The number of carbonyl (C=O) groups excluding carboxylic acids is 2. The molecule has 0 saturated carbocycles. The van der Waals surface area contributed by atoms with Crippen LogP contribution in [0.1, 0.15) is 233 Å². The number of hydrogen-bond acceptors (Lipinski definition) is 5. The fourth-order valence-corrected chi connectivity index (χ4v) is 7.87. The van der Waals surface area contributed by atoms with E-state index in [4.69, 9.17) is 9.47 Å². The van der Waals surface area contributed by atoms with Crippen LogP contribution in [0.4, 0.5) is 0 Å². The Morgan fingerprint density at radius 1 is 0.551 bits per heavy atom. The lowest BCUT2D eigenvalue weighted by Gasteiger charge is -2.29. The highest BCUT2D eigenvalue weighted by atomic mass is 16.5. The summed E-state index contributed by atoms with van der Waals surface area (Å²) in [7, 11) is 0. The second-order valence-electron chi connectivity index (χ2n) is 15.8. The first-order chi connectivity index (χ1) is 24.0. The predicted molar refractivity (Wildman–Crippen MR) is 210 cm³/mol. The van der Waals surface area contributed by atoms with Crippen LogP contribution in [0.3, 0.4) is 0 Å². The van der Waals surface area contributed by atoms with Crippen LogP contribution >= 0.6 is 0 Å². The minimum Gasteiger partial charge on any atom is -0.466 e. The first-order valence-electron chi connectivity index (χ1n) is 22.1. The molecule has 0 aromatic rings. The summed E-state index contributed by atoms with van der Waals surface area (Å²) in [4.78, 5) is 27.9. The zero-order chi connectivity index (χ0) is 35.7. The summed E-state index contributed by atoms with van der Waals surface area (Å²) in [5, 5.41) is 0. The molecule has 1 unspecified atom stereocenters. The molecule has 0 aromatic heterocycles. The van der Waals surface area contributed by atoms with E-state index in [1.54, 1.807) is 0 Å². The number of rotatable bonds is 36. The molecule has 1 rings (SSSR count). The van der Waals surface area contributed by atoms with Crippen molar-refractivity contribution >= 4 is 11.9 Å². The van der Waals surface area contributed by atoms with Gasteiger partial charge in [-0.3, -0.25) is 9.59 Å². The molecule has 0 amide bonds. The Morgan fingerprint density at radius 3 is 1.55 bits per heavy atom. The molecule has 0 bridgehead atoms. The normalized spacial score (nSPS) is 16.5. The molecule has 1 aliphatic rings. The summed E-state index contributed by atoms with van der Waals surface area (Å²) < 4.78 is 11.7. The molecule has 0 N–H and O–H groups in total. The fourth-order valence-electron chi connectivity index (χ4n) is 7.87. The lowest BCUT2D eigenvalue weighted by molar-refractivity contribution is -0.150. The van der Waals surface area contributed by atoms with Crippen molar-refractivity contribution in [2.24, 2.45) is 5.41 Å². The lowest BCUT2D eigenvalue weighted by Crippen LogP contribution is -2.27. The molecular formula is C44H85NO4. The minimum absolute atomic E-state index is 0.00939. The van der Waals surface area contributed by atoms with Gasteiger partial charge < -0.3 is 14.4 Å². The number of unbranched alkanes of at least 4 members (excludes halogenated alkanes) is 20. The summed E-state index contributed by atoms with van der Waals surface area (Å²) >= 11 is 0. The van der Waals surface area contributed by atoms with Gasteiger partial charge in [-0.25, -0.2) is 0 Å². The Hall–Kier alpha value is -1.10. The van der Waals surface area contributed by atoms with E-state index in [1.807, 2.05) is 0 Å². The third-order valence-electron chi connectivity index (χ3n) is 11.2. The van der Waals surface area contributed by atoms with Crippen molar-refractivity contribution in [3.05, 3.63) is 0 Å². The molecule has 1 saturated heterocycles. The summed E-state index contributed by atoms with van der Waals surface area (Å²) in [6.07, 6.45) is 37.9. The Kier molecular flexibility index (Phi) is 30.7. The summed E-state index contributed by atoms with van der Waals surface area (Å²) in [5.74, 6) is 0.0143. The topological polar surface area (TPSA) is 55.8 Å². The maximum atomic E-state index is 12.9. The molecule has 0 aromatic carbocycles. The lowest BCUT2D eigenvalue weighted by atomic mass is 9.77. The van der Waals surface area contributed by atoms with Crippen molar-refractivity contribution in [2.45, 2.75) is 239 Å². The van der Waals surface area contributed by atoms with Gasteiger partial charge in [0.25, 0.3) is 0 Å². The van der Waals surface area contributed by atoms with Crippen molar-refractivity contribution in [1.82, 2.24) is 4.90 Å². The predicted octanol–water partition coefficient (Wildman–Crippen LogP) is 13.3. The van der Waals surface area contributed by atoms with E-state index in [1.165, 1.54) is 148 Å². The third-order valence-corrected chi connectivity index (χ3v) is 11.2. The van der Waals surface area contributed by atoms with Crippen molar-refractivity contribution in [3.63, 3.8) is 0 Å². The van der Waals surface area contributed by atoms with Crippen LogP contribution in [0, 0.1) is 5.41 Å². The molecule has 1 aliphatic heterocycles. The van der Waals surface area contributed by atoms with Crippen LogP contribution in [0.2, 0.25) is 0 Å². The maximum Gasteiger partial charge on any atom is 0.306 e. The number of esters is 2. The zero-order valence-corrected chi connectivity index (χ0v) is 33.6. The van der Waals surface area contributed by atoms with Gasteiger partial charge in [-0.2, -0.15) is 0 Å². The van der Waals surface area contributed by atoms with E-state index in [-0.39, 0.29) is 18.0 Å². The van der Waals surface area contributed by atoms with Gasteiger partial charge in [0.2, 0.25) is 0 Å². The Balaban J connectivity index is 2.32. The van der Waals surface area contributed by atoms with Gasteiger partial charge in [0.1, 0.15) is 6.10 Å². The molecule has 0 spiro atoms. The molecule has 1 heterocycles. The standard InChI is InChI=1S/C44H85NO4/c1-5-9-12-15-18-19-20-23-29-39-48-42(46)34-30-36-44(37-38-45(8-4)40-44)35-28-24-27-33-43(47)49-41(31-25-21-16-13-10-6-2)32-26-22-17-14-11-7-3/h41H,5-40H2,1-4H3. The molecule has 0 radical (unpaired) electrons. The average Bonchev–Trinajstić information content (AvgIpc) is 3.51. The van der Waals surface area contributed by atoms with Gasteiger partial charge >= 0.3 is 11.9 Å². The Morgan fingerprint density at radius 2 is 1.02 bits per heavy atom.